The number of carbonyl (C=O) groups excluding carboxylic acids is 1. The Morgan fingerprint density at radius 1 is 1.38 bits per heavy atom. The van der Waals surface area contributed by atoms with Gasteiger partial charge in [0.1, 0.15) is 0 Å². The van der Waals surface area contributed by atoms with E-state index < -0.39 is 0 Å². The minimum Gasteiger partial charge on any atom is -0.361 e. The summed E-state index contributed by atoms with van der Waals surface area (Å²) >= 11 is 1.78. The maximum absolute atomic E-state index is 12.0. The molecule has 1 aromatic carbocycles. The van der Waals surface area contributed by atoms with E-state index in [2.05, 4.69) is 47.9 Å². The summed E-state index contributed by atoms with van der Waals surface area (Å²) in [6.07, 6.45) is 7.57. The van der Waals surface area contributed by atoms with Crippen molar-refractivity contribution in [1.82, 2.24) is 10.3 Å². The first kappa shape index (κ1) is 16.0. The van der Waals surface area contributed by atoms with Crippen LogP contribution in [0.4, 0.5) is 0 Å². The fourth-order valence-electron chi connectivity index (χ4n) is 2.54. The van der Waals surface area contributed by atoms with Gasteiger partial charge in [-0.3, -0.25) is 4.79 Å². The second kappa shape index (κ2) is 8.13. The molecule has 1 heterocycles. The van der Waals surface area contributed by atoms with Crippen LogP contribution < -0.4 is 5.32 Å². The van der Waals surface area contributed by atoms with Crippen LogP contribution in [0.1, 0.15) is 31.7 Å². The number of aryl methyl sites for hydroxylation is 1. The molecule has 1 aromatic heterocycles. The lowest BCUT2D eigenvalue weighted by Gasteiger charge is -2.15. The number of aromatic amines is 1. The topological polar surface area (TPSA) is 44.9 Å². The summed E-state index contributed by atoms with van der Waals surface area (Å²) in [5.41, 5.74) is 2.47. The molecule has 0 saturated carbocycles. The molecule has 0 aliphatic carbocycles. The van der Waals surface area contributed by atoms with Crippen LogP contribution in [0.5, 0.6) is 0 Å². The Labute approximate surface area is 130 Å². The molecule has 0 radical (unpaired) electrons. The number of benzene rings is 1. The van der Waals surface area contributed by atoms with Gasteiger partial charge in [-0.05, 0) is 37.1 Å². The zero-order valence-electron chi connectivity index (χ0n) is 12.8. The number of H-pyrrole nitrogens is 1. The highest BCUT2D eigenvalue weighted by Crippen LogP contribution is 2.19. The Morgan fingerprint density at radius 2 is 2.19 bits per heavy atom. The van der Waals surface area contributed by atoms with E-state index in [0.29, 0.717) is 12.5 Å². The summed E-state index contributed by atoms with van der Waals surface area (Å²) in [7, 11) is 0. The monoisotopic (exact) mass is 304 g/mol. The molecular weight excluding hydrogens is 280 g/mol. The molecule has 1 unspecified atom stereocenters. The Bertz CT molecular complexity index is 579. The molecule has 0 fully saturated rings. The predicted octanol–water partition coefficient (Wildman–Crippen LogP) is 3.75. The molecule has 2 N–H and O–H groups in total. The van der Waals surface area contributed by atoms with E-state index in [4.69, 9.17) is 0 Å². The van der Waals surface area contributed by atoms with Crippen LogP contribution in [0.2, 0.25) is 0 Å². The highest BCUT2D eigenvalue weighted by Gasteiger charge is 2.10. The lowest BCUT2D eigenvalue weighted by atomic mass is 10.1. The van der Waals surface area contributed by atoms with Gasteiger partial charge in [-0.15, -0.1) is 0 Å². The van der Waals surface area contributed by atoms with Crippen molar-refractivity contribution in [3.8, 4) is 0 Å². The average Bonchev–Trinajstić information content (AvgIpc) is 2.90. The van der Waals surface area contributed by atoms with Gasteiger partial charge in [0.2, 0.25) is 5.91 Å². The van der Waals surface area contributed by atoms with Crippen LogP contribution in [0.25, 0.3) is 10.9 Å². The number of amides is 1. The summed E-state index contributed by atoms with van der Waals surface area (Å²) < 4.78 is 0. The first-order valence-corrected chi connectivity index (χ1v) is 8.97. The van der Waals surface area contributed by atoms with Crippen molar-refractivity contribution < 1.29 is 4.79 Å². The van der Waals surface area contributed by atoms with Gasteiger partial charge in [-0.2, -0.15) is 11.8 Å². The third-order valence-corrected chi connectivity index (χ3v) is 4.49. The number of nitrogens with one attached hydrogen (secondary N) is 2. The third-order valence-electron chi connectivity index (χ3n) is 3.75. The van der Waals surface area contributed by atoms with Gasteiger partial charge in [-0.25, -0.2) is 0 Å². The van der Waals surface area contributed by atoms with Gasteiger partial charge in [0.15, 0.2) is 0 Å². The molecule has 1 atom stereocenters. The van der Waals surface area contributed by atoms with Gasteiger partial charge in [0, 0.05) is 35.3 Å². The van der Waals surface area contributed by atoms with Crippen molar-refractivity contribution in [3.63, 3.8) is 0 Å². The van der Waals surface area contributed by atoms with E-state index >= 15 is 0 Å². The zero-order valence-corrected chi connectivity index (χ0v) is 13.6. The van der Waals surface area contributed by atoms with E-state index in [0.717, 1.165) is 25.0 Å². The summed E-state index contributed by atoms with van der Waals surface area (Å²) in [5, 5.41) is 4.39. The molecule has 3 nitrogen and oxygen atoms in total. The minimum absolute atomic E-state index is 0.177. The Hall–Kier alpha value is -1.42. The van der Waals surface area contributed by atoms with E-state index in [1.165, 1.54) is 16.5 Å². The summed E-state index contributed by atoms with van der Waals surface area (Å²) in [4.78, 5) is 15.2. The maximum atomic E-state index is 12.0. The predicted molar refractivity (Wildman–Crippen MR) is 91.8 cm³/mol. The fourth-order valence-corrected chi connectivity index (χ4v) is 3.26. The number of aromatic nitrogens is 1. The second-order valence-electron chi connectivity index (χ2n) is 5.34. The Balaban J connectivity index is 1.80. The average molecular weight is 304 g/mol. The minimum atomic E-state index is 0.177. The van der Waals surface area contributed by atoms with Gasteiger partial charge in [-0.1, -0.05) is 25.1 Å². The molecule has 0 aliphatic heterocycles. The largest absolute Gasteiger partial charge is 0.361 e. The molecule has 0 bridgehead atoms. The molecule has 1 amide bonds. The normalized spacial score (nSPS) is 12.5. The van der Waals surface area contributed by atoms with Crippen molar-refractivity contribution in [2.75, 3.05) is 12.0 Å². The lowest BCUT2D eigenvalue weighted by molar-refractivity contribution is -0.121. The Morgan fingerprint density at radius 3 is 2.95 bits per heavy atom. The number of rotatable bonds is 8. The fraction of sp³-hybridized carbons (Fsp3) is 0.471. The van der Waals surface area contributed by atoms with Crippen LogP contribution in [-0.2, 0) is 11.2 Å². The zero-order chi connectivity index (χ0) is 15.1. The number of hydrogen-bond donors (Lipinski definition) is 2. The van der Waals surface area contributed by atoms with Crippen LogP contribution >= 0.6 is 11.8 Å². The number of fused-ring (bicyclic) bond motifs is 1. The molecule has 2 rings (SSSR count). The number of para-hydroxylation sites is 1. The van der Waals surface area contributed by atoms with E-state index in [-0.39, 0.29) is 5.91 Å². The van der Waals surface area contributed by atoms with Crippen molar-refractivity contribution >= 4 is 28.6 Å². The van der Waals surface area contributed by atoms with Crippen LogP contribution in [0.3, 0.4) is 0 Å². The van der Waals surface area contributed by atoms with Gasteiger partial charge >= 0.3 is 0 Å². The SMILES string of the molecule is CCC(CSC)NC(=O)CCCc1c[nH]c2ccccc12. The molecule has 0 aliphatic rings. The summed E-state index contributed by atoms with van der Waals surface area (Å²) in [5.74, 6) is 1.17. The number of carbonyl (C=O) groups is 1. The summed E-state index contributed by atoms with van der Waals surface area (Å²) in [6.45, 7) is 2.12. The van der Waals surface area contributed by atoms with Crippen LogP contribution in [0, 0.1) is 0 Å². The molecule has 2 aromatic rings. The molecule has 21 heavy (non-hydrogen) atoms. The van der Waals surface area contributed by atoms with Crippen molar-refractivity contribution in [2.45, 2.75) is 38.6 Å². The van der Waals surface area contributed by atoms with Crippen LogP contribution in [-0.4, -0.2) is 28.9 Å². The van der Waals surface area contributed by atoms with Gasteiger partial charge in [0.25, 0.3) is 0 Å². The molecule has 114 valence electrons. The Kier molecular flexibility index (Phi) is 6.18. The number of thioether (sulfide) groups is 1. The first-order valence-electron chi connectivity index (χ1n) is 7.58. The number of hydrogen-bond acceptors (Lipinski definition) is 2. The van der Waals surface area contributed by atoms with E-state index in [1.54, 1.807) is 11.8 Å². The highest BCUT2D eigenvalue weighted by atomic mass is 32.2. The van der Waals surface area contributed by atoms with Crippen molar-refractivity contribution in [3.05, 3.63) is 36.0 Å². The highest BCUT2D eigenvalue weighted by molar-refractivity contribution is 7.98. The van der Waals surface area contributed by atoms with E-state index in [9.17, 15) is 4.79 Å². The summed E-state index contributed by atoms with van der Waals surface area (Å²) in [6, 6.07) is 8.61. The lowest BCUT2D eigenvalue weighted by Crippen LogP contribution is -2.35. The van der Waals surface area contributed by atoms with Gasteiger partial charge in [0.05, 0.1) is 0 Å². The van der Waals surface area contributed by atoms with Crippen molar-refractivity contribution in [2.24, 2.45) is 0 Å². The molecule has 0 spiro atoms. The third kappa shape index (κ3) is 4.53. The van der Waals surface area contributed by atoms with Gasteiger partial charge < -0.3 is 10.3 Å². The van der Waals surface area contributed by atoms with Crippen molar-refractivity contribution in [1.29, 1.82) is 0 Å². The molecular formula is C17H24N2OS. The van der Waals surface area contributed by atoms with E-state index in [1.807, 2.05) is 6.07 Å². The quantitative estimate of drug-likeness (QED) is 0.780. The second-order valence-corrected chi connectivity index (χ2v) is 6.25. The molecule has 4 heteroatoms. The first-order chi connectivity index (χ1) is 10.2. The smallest absolute Gasteiger partial charge is 0.220 e. The maximum Gasteiger partial charge on any atom is 0.220 e. The standard InChI is InChI=1S/C17H24N2OS/c1-3-14(12-21-2)19-17(20)10-6-7-13-11-18-16-9-5-4-8-15(13)16/h4-5,8-9,11,14,18H,3,6-7,10,12H2,1-2H3,(H,19,20). The van der Waals surface area contributed by atoms with Crippen LogP contribution in [0.15, 0.2) is 30.5 Å². The molecule has 0 saturated heterocycles.